The third kappa shape index (κ3) is 6.03. The number of benzene rings is 2. The molecule has 1 aliphatic heterocycles. The van der Waals surface area contributed by atoms with Gasteiger partial charge in [-0.25, -0.2) is 8.42 Å². The zero-order valence-corrected chi connectivity index (χ0v) is 17.4. The van der Waals surface area contributed by atoms with Crippen LogP contribution in [0.4, 0.5) is 5.69 Å². The van der Waals surface area contributed by atoms with Gasteiger partial charge in [0.05, 0.1) is 18.6 Å². The third-order valence-corrected chi connectivity index (χ3v) is 6.80. The average molecular weight is 418 g/mol. The quantitative estimate of drug-likeness (QED) is 0.712. The number of para-hydroxylation sites is 2. The van der Waals surface area contributed by atoms with E-state index in [2.05, 4.69) is 10.2 Å². The van der Waals surface area contributed by atoms with Crippen molar-refractivity contribution in [3.8, 4) is 5.75 Å². The Hall–Kier alpha value is -2.42. The van der Waals surface area contributed by atoms with Crippen molar-refractivity contribution in [2.24, 2.45) is 0 Å². The number of ether oxygens (including phenoxy) is 1. The first-order valence-corrected chi connectivity index (χ1v) is 11.3. The van der Waals surface area contributed by atoms with Gasteiger partial charge >= 0.3 is 0 Å². The van der Waals surface area contributed by atoms with E-state index in [1.165, 1.54) is 0 Å². The van der Waals surface area contributed by atoms with E-state index < -0.39 is 10.0 Å². The Balaban J connectivity index is 1.44. The highest BCUT2D eigenvalue weighted by Gasteiger charge is 2.27. The molecule has 29 heavy (non-hydrogen) atoms. The van der Waals surface area contributed by atoms with Gasteiger partial charge in [-0.05, 0) is 17.7 Å². The monoisotopic (exact) mass is 417 g/mol. The largest absolute Gasteiger partial charge is 0.495 e. The number of sulfonamides is 1. The summed E-state index contributed by atoms with van der Waals surface area (Å²) in [6, 6.07) is 16.5. The van der Waals surface area contributed by atoms with Crippen molar-refractivity contribution in [3.63, 3.8) is 0 Å². The van der Waals surface area contributed by atoms with Crippen LogP contribution < -0.4 is 10.1 Å². The molecule has 1 amide bonds. The normalized spacial score (nSPS) is 15.8. The van der Waals surface area contributed by atoms with Crippen LogP contribution in [0.25, 0.3) is 0 Å². The summed E-state index contributed by atoms with van der Waals surface area (Å²) in [6.07, 6.45) is 0.342. The molecular formula is C21H27N3O4S. The van der Waals surface area contributed by atoms with Gasteiger partial charge in [-0.3, -0.25) is 4.79 Å². The number of nitrogens with one attached hydrogen (secondary N) is 1. The smallest absolute Gasteiger partial charge is 0.225 e. The van der Waals surface area contributed by atoms with Crippen molar-refractivity contribution in [1.29, 1.82) is 0 Å². The minimum Gasteiger partial charge on any atom is -0.495 e. The first kappa shape index (κ1) is 21.3. The number of carbonyl (C=O) groups is 1. The lowest BCUT2D eigenvalue weighted by molar-refractivity contribution is -0.116. The second-order valence-corrected chi connectivity index (χ2v) is 8.95. The van der Waals surface area contributed by atoms with Gasteiger partial charge in [0.15, 0.2) is 0 Å². The molecule has 1 fully saturated rings. The van der Waals surface area contributed by atoms with Crippen LogP contribution >= 0.6 is 0 Å². The number of hydrogen-bond donors (Lipinski definition) is 1. The summed E-state index contributed by atoms with van der Waals surface area (Å²) in [5.41, 5.74) is 1.44. The Morgan fingerprint density at radius 1 is 1.00 bits per heavy atom. The van der Waals surface area contributed by atoms with Crippen LogP contribution in [0.2, 0.25) is 0 Å². The SMILES string of the molecule is COc1ccccc1NC(=O)CCN1CCN(S(=O)(=O)Cc2ccccc2)CC1. The van der Waals surface area contributed by atoms with Crippen molar-refractivity contribution in [3.05, 3.63) is 60.2 Å². The van der Waals surface area contributed by atoms with E-state index in [9.17, 15) is 13.2 Å². The van der Waals surface area contributed by atoms with E-state index in [1.54, 1.807) is 23.5 Å². The number of rotatable bonds is 8. The van der Waals surface area contributed by atoms with Crippen molar-refractivity contribution < 1.29 is 17.9 Å². The molecule has 0 spiro atoms. The molecular weight excluding hydrogens is 390 g/mol. The summed E-state index contributed by atoms with van der Waals surface area (Å²) >= 11 is 0. The topological polar surface area (TPSA) is 79.0 Å². The predicted molar refractivity (Wildman–Crippen MR) is 113 cm³/mol. The molecule has 0 saturated carbocycles. The number of anilines is 1. The summed E-state index contributed by atoms with van der Waals surface area (Å²) in [5, 5.41) is 2.86. The molecule has 0 aromatic heterocycles. The van der Waals surface area contributed by atoms with E-state index >= 15 is 0 Å². The maximum Gasteiger partial charge on any atom is 0.225 e. The van der Waals surface area contributed by atoms with E-state index in [-0.39, 0.29) is 11.7 Å². The molecule has 0 radical (unpaired) electrons. The molecule has 1 heterocycles. The molecule has 1 aliphatic rings. The van der Waals surface area contributed by atoms with Crippen LogP contribution in [0.15, 0.2) is 54.6 Å². The molecule has 8 heteroatoms. The lowest BCUT2D eigenvalue weighted by atomic mass is 10.2. The van der Waals surface area contributed by atoms with Crippen molar-refractivity contribution in [2.75, 3.05) is 45.2 Å². The number of hydrogen-bond acceptors (Lipinski definition) is 5. The Morgan fingerprint density at radius 2 is 1.66 bits per heavy atom. The van der Waals surface area contributed by atoms with E-state index in [1.807, 2.05) is 42.5 Å². The Labute approximate surface area is 172 Å². The van der Waals surface area contributed by atoms with E-state index in [0.29, 0.717) is 50.6 Å². The summed E-state index contributed by atoms with van der Waals surface area (Å²) in [5.74, 6) is 0.557. The summed E-state index contributed by atoms with van der Waals surface area (Å²) in [4.78, 5) is 14.4. The predicted octanol–water partition coefficient (Wildman–Crippen LogP) is 2.17. The first-order valence-electron chi connectivity index (χ1n) is 9.65. The van der Waals surface area contributed by atoms with Gasteiger partial charge in [-0.1, -0.05) is 42.5 Å². The van der Waals surface area contributed by atoms with Gasteiger partial charge in [0.25, 0.3) is 0 Å². The van der Waals surface area contributed by atoms with Gasteiger partial charge in [-0.2, -0.15) is 4.31 Å². The fourth-order valence-corrected chi connectivity index (χ4v) is 4.84. The molecule has 1 saturated heterocycles. The maximum atomic E-state index is 12.6. The highest BCUT2D eigenvalue weighted by molar-refractivity contribution is 7.88. The van der Waals surface area contributed by atoms with Gasteiger partial charge < -0.3 is 15.0 Å². The Kier molecular flexibility index (Phi) is 7.24. The average Bonchev–Trinajstić information content (AvgIpc) is 2.73. The summed E-state index contributed by atoms with van der Waals surface area (Å²) < 4.78 is 32.0. The molecule has 0 aliphatic carbocycles. The van der Waals surface area contributed by atoms with Crippen LogP contribution in [-0.4, -0.2) is 63.4 Å². The van der Waals surface area contributed by atoms with Crippen molar-refractivity contribution >= 4 is 21.6 Å². The van der Waals surface area contributed by atoms with Crippen LogP contribution in [0.3, 0.4) is 0 Å². The summed E-state index contributed by atoms with van der Waals surface area (Å²) in [6.45, 7) is 2.73. The highest BCUT2D eigenvalue weighted by atomic mass is 32.2. The van der Waals surface area contributed by atoms with Gasteiger partial charge in [0, 0.05) is 39.1 Å². The first-order chi connectivity index (χ1) is 14.0. The number of piperazine rings is 1. The number of nitrogens with zero attached hydrogens (tertiary/aromatic N) is 2. The summed E-state index contributed by atoms with van der Waals surface area (Å²) in [7, 11) is -1.76. The fraction of sp³-hybridized carbons (Fsp3) is 0.381. The number of carbonyl (C=O) groups excluding carboxylic acids is 1. The van der Waals surface area contributed by atoms with E-state index in [4.69, 9.17) is 4.74 Å². The van der Waals surface area contributed by atoms with Crippen molar-refractivity contribution in [2.45, 2.75) is 12.2 Å². The van der Waals surface area contributed by atoms with Crippen LogP contribution in [0.1, 0.15) is 12.0 Å². The molecule has 2 aromatic rings. The Morgan fingerprint density at radius 3 is 2.34 bits per heavy atom. The van der Waals surface area contributed by atoms with Crippen LogP contribution in [0.5, 0.6) is 5.75 Å². The zero-order chi connectivity index (χ0) is 20.7. The molecule has 0 unspecified atom stereocenters. The van der Waals surface area contributed by atoms with Gasteiger partial charge in [0.2, 0.25) is 15.9 Å². The van der Waals surface area contributed by atoms with Crippen LogP contribution in [0, 0.1) is 0 Å². The number of methoxy groups -OCH3 is 1. The third-order valence-electron chi connectivity index (χ3n) is 4.95. The van der Waals surface area contributed by atoms with Gasteiger partial charge in [0.1, 0.15) is 5.75 Å². The molecule has 2 aromatic carbocycles. The standard InChI is InChI=1S/C21H27N3O4S/c1-28-20-10-6-5-9-19(20)22-21(25)11-12-23-13-15-24(16-14-23)29(26,27)17-18-7-3-2-4-8-18/h2-10H,11-17H2,1H3,(H,22,25). The number of amides is 1. The lowest BCUT2D eigenvalue weighted by Gasteiger charge is -2.33. The minimum absolute atomic E-state index is 0.0230. The molecule has 3 rings (SSSR count). The molecule has 1 N–H and O–H groups in total. The second kappa shape index (κ2) is 9.87. The zero-order valence-electron chi connectivity index (χ0n) is 16.6. The molecule has 7 nitrogen and oxygen atoms in total. The maximum absolute atomic E-state index is 12.6. The van der Waals surface area contributed by atoms with Crippen molar-refractivity contribution in [1.82, 2.24) is 9.21 Å². The fourth-order valence-electron chi connectivity index (χ4n) is 3.33. The van der Waals surface area contributed by atoms with Crippen LogP contribution in [-0.2, 0) is 20.6 Å². The molecule has 156 valence electrons. The highest BCUT2D eigenvalue weighted by Crippen LogP contribution is 2.23. The van der Waals surface area contributed by atoms with E-state index in [0.717, 1.165) is 5.56 Å². The minimum atomic E-state index is -3.33. The Bertz CT molecular complexity index is 911. The lowest BCUT2D eigenvalue weighted by Crippen LogP contribution is -2.49. The molecule has 0 bridgehead atoms. The second-order valence-electron chi connectivity index (χ2n) is 6.98. The van der Waals surface area contributed by atoms with Gasteiger partial charge in [-0.15, -0.1) is 0 Å². The molecule has 0 atom stereocenters.